The molecule has 2 heterocycles. The van der Waals surface area contributed by atoms with Crippen molar-refractivity contribution in [2.75, 3.05) is 11.1 Å². The zero-order valence-electron chi connectivity index (χ0n) is 16.8. The molecule has 8 heteroatoms. The van der Waals surface area contributed by atoms with Crippen molar-refractivity contribution < 1.29 is 9.21 Å². The number of nitrogens with zero attached hydrogens (tertiary/aromatic N) is 3. The third kappa shape index (κ3) is 4.29. The lowest BCUT2D eigenvalue weighted by Crippen LogP contribution is -2.16. The summed E-state index contributed by atoms with van der Waals surface area (Å²) in [5.41, 5.74) is 2.73. The molecule has 0 spiro atoms. The Morgan fingerprint density at radius 1 is 1.20 bits per heavy atom. The van der Waals surface area contributed by atoms with Crippen LogP contribution in [0.25, 0.3) is 22.6 Å². The summed E-state index contributed by atoms with van der Waals surface area (Å²) in [6.07, 6.45) is 0. The van der Waals surface area contributed by atoms with E-state index >= 15 is 0 Å². The van der Waals surface area contributed by atoms with Crippen molar-refractivity contribution in [3.05, 3.63) is 58.6 Å². The molecule has 154 valence electrons. The van der Waals surface area contributed by atoms with Gasteiger partial charge in [0.2, 0.25) is 5.91 Å². The molecule has 2 aromatic carbocycles. The lowest BCUT2D eigenvalue weighted by atomic mass is 10.0. The van der Waals surface area contributed by atoms with Crippen molar-refractivity contribution in [1.29, 1.82) is 0 Å². The molecule has 4 rings (SSSR count). The second kappa shape index (κ2) is 8.65. The van der Waals surface area contributed by atoms with Crippen LogP contribution in [0, 0.1) is 0 Å². The van der Waals surface area contributed by atoms with Crippen LogP contribution in [0.1, 0.15) is 25.3 Å². The van der Waals surface area contributed by atoms with E-state index in [1.165, 1.54) is 11.8 Å². The van der Waals surface area contributed by atoms with Crippen LogP contribution in [0.4, 0.5) is 5.69 Å². The largest absolute Gasteiger partial charge is 0.453 e. The van der Waals surface area contributed by atoms with Crippen molar-refractivity contribution in [3.63, 3.8) is 0 Å². The Morgan fingerprint density at radius 3 is 2.77 bits per heavy atom. The Labute approximate surface area is 187 Å². The van der Waals surface area contributed by atoms with Gasteiger partial charge in [-0.3, -0.25) is 4.79 Å². The maximum atomic E-state index is 12.5. The average Bonchev–Trinajstić information content (AvgIpc) is 3.30. The van der Waals surface area contributed by atoms with Gasteiger partial charge in [-0.25, -0.2) is 0 Å². The summed E-state index contributed by atoms with van der Waals surface area (Å²) in [6, 6.07) is 15.6. The van der Waals surface area contributed by atoms with Crippen molar-refractivity contribution in [2.45, 2.75) is 24.9 Å². The smallest absolute Gasteiger partial charge is 0.234 e. The first kappa shape index (κ1) is 20.7. The van der Waals surface area contributed by atoms with Gasteiger partial charge in [0.1, 0.15) is 5.58 Å². The van der Waals surface area contributed by atoms with E-state index in [-0.39, 0.29) is 11.7 Å². The number of fused-ring (bicyclic) bond motifs is 1. The Balaban J connectivity index is 1.45. The van der Waals surface area contributed by atoms with Gasteiger partial charge in [-0.2, -0.15) is 0 Å². The second-order valence-corrected chi connectivity index (χ2v) is 9.09. The summed E-state index contributed by atoms with van der Waals surface area (Å²) in [4.78, 5) is 12.5. The van der Waals surface area contributed by atoms with Gasteiger partial charge >= 0.3 is 0 Å². The summed E-state index contributed by atoms with van der Waals surface area (Å²) in [7, 11) is 1.87. The lowest BCUT2D eigenvalue weighted by molar-refractivity contribution is -0.113. The van der Waals surface area contributed by atoms with Crippen LogP contribution < -0.4 is 5.32 Å². The second-order valence-electron chi connectivity index (χ2n) is 7.24. The maximum Gasteiger partial charge on any atom is 0.234 e. The summed E-state index contributed by atoms with van der Waals surface area (Å²) < 4.78 is 8.72. The fourth-order valence-corrected chi connectivity index (χ4v) is 4.28. The number of benzene rings is 2. The van der Waals surface area contributed by atoms with Crippen LogP contribution in [0.2, 0.25) is 0 Å². The summed E-state index contributed by atoms with van der Waals surface area (Å²) in [5, 5.41) is 13.2. The molecule has 0 bridgehead atoms. The minimum atomic E-state index is -0.0856. The third-order valence-electron chi connectivity index (χ3n) is 4.72. The summed E-state index contributed by atoms with van der Waals surface area (Å²) >= 11 is 4.83. The number of furan rings is 1. The zero-order chi connectivity index (χ0) is 21.3. The predicted molar refractivity (Wildman–Crippen MR) is 124 cm³/mol. The van der Waals surface area contributed by atoms with Gasteiger partial charge in [-0.1, -0.05) is 59.7 Å². The highest BCUT2D eigenvalue weighted by molar-refractivity contribution is 9.10. The highest BCUT2D eigenvalue weighted by Crippen LogP contribution is 2.30. The first-order chi connectivity index (χ1) is 14.4. The van der Waals surface area contributed by atoms with E-state index in [4.69, 9.17) is 4.42 Å². The topological polar surface area (TPSA) is 73.0 Å². The van der Waals surface area contributed by atoms with E-state index < -0.39 is 0 Å². The number of nitrogens with one attached hydrogen (secondary N) is 1. The minimum absolute atomic E-state index is 0.0856. The van der Waals surface area contributed by atoms with Gasteiger partial charge in [0.15, 0.2) is 16.7 Å². The zero-order valence-corrected chi connectivity index (χ0v) is 19.3. The van der Waals surface area contributed by atoms with Gasteiger partial charge in [0, 0.05) is 22.6 Å². The van der Waals surface area contributed by atoms with Gasteiger partial charge < -0.3 is 14.3 Å². The molecule has 0 atom stereocenters. The maximum absolute atomic E-state index is 12.5. The van der Waals surface area contributed by atoms with Gasteiger partial charge in [-0.15, -0.1) is 10.2 Å². The molecule has 0 fully saturated rings. The van der Waals surface area contributed by atoms with Gasteiger partial charge in [0.05, 0.1) is 5.75 Å². The highest BCUT2D eigenvalue weighted by Gasteiger charge is 2.17. The molecule has 0 aliphatic rings. The number of amides is 1. The molecule has 1 N–H and O–H groups in total. The van der Waals surface area contributed by atoms with Crippen LogP contribution in [-0.2, 0) is 11.8 Å². The summed E-state index contributed by atoms with van der Waals surface area (Å²) in [6.45, 7) is 4.21. The Morgan fingerprint density at radius 2 is 2.00 bits per heavy atom. The monoisotopic (exact) mass is 484 g/mol. The lowest BCUT2D eigenvalue weighted by Gasteiger charge is -2.14. The Hall–Kier alpha value is -2.58. The fourth-order valence-electron chi connectivity index (χ4n) is 3.19. The molecule has 0 saturated carbocycles. The number of hydrogen-bond acceptors (Lipinski definition) is 5. The van der Waals surface area contributed by atoms with E-state index in [1.807, 2.05) is 60.1 Å². The molecule has 0 saturated heterocycles. The molecule has 2 aromatic heterocycles. The number of carbonyl (C=O) groups is 1. The predicted octanol–water partition coefficient (Wildman–Crippen LogP) is 5.85. The molecule has 1 amide bonds. The van der Waals surface area contributed by atoms with Crippen molar-refractivity contribution in [3.8, 4) is 11.6 Å². The van der Waals surface area contributed by atoms with Crippen LogP contribution in [0.3, 0.4) is 0 Å². The highest BCUT2D eigenvalue weighted by atomic mass is 79.9. The van der Waals surface area contributed by atoms with Crippen molar-refractivity contribution in [1.82, 2.24) is 14.8 Å². The minimum Gasteiger partial charge on any atom is -0.453 e. The quantitative estimate of drug-likeness (QED) is 0.347. The standard InChI is InChI=1S/C22H21BrN4O2S/c1-13(2)16-11-15(23)8-9-17(16)24-20(28)12-30-22-26-25-21(27(22)3)19-10-14-6-4-5-7-18(14)29-19/h4-11,13H,12H2,1-3H3,(H,24,28). The van der Waals surface area contributed by atoms with E-state index in [0.717, 1.165) is 26.7 Å². The Kier molecular flexibility index (Phi) is 5.97. The molecule has 0 aliphatic carbocycles. The van der Waals surface area contributed by atoms with E-state index in [0.29, 0.717) is 22.7 Å². The number of para-hydroxylation sites is 1. The fraction of sp³-hybridized carbons (Fsp3) is 0.227. The molecule has 30 heavy (non-hydrogen) atoms. The number of aromatic nitrogens is 3. The molecular formula is C22H21BrN4O2S. The molecule has 0 unspecified atom stereocenters. The molecule has 6 nitrogen and oxygen atoms in total. The normalized spacial score (nSPS) is 11.4. The molecule has 4 aromatic rings. The first-order valence-corrected chi connectivity index (χ1v) is 11.3. The molecule has 0 radical (unpaired) electrons. The van der Waals surface area contributed by atoms with Crippen molar-refractivity contribution in [2.24, 2.45) is 7.05 Å². The SMILES string of the molecule is CC(C)c1cc(Br)ccc1NC(=O)CSc1nnc(-c2cc3ccccc3o2)n1C. The average molecular weight is 485 g/mol. The van der Waals surface area contributed by atoms with Gasteiger partial charge in [0.25, 0.3) is 0 Å². The number of halogens is 1. The number of thioether (sulfide) groups is 1. The van der Waals surface area contributed by atoms with E-state index in [9.17, 15) is 4.79 Å². The van der Waals surface area contributed by atoms with E-state index in [1.54, 1.807) is 0 Å². The number of hydrogen-bond donors (Lipinski definition) is 1. The van der Waals surface area contributed by atoms with E-state index in [2.05, 4.69) is 45.3 Å². The molecular weight excluding hydrogens is 464 g/mol. The first-order valence-electron chi connectivity index (χ1n) is 9.53. The van der Waals surface area contributed by atoms with Crippen LogP contribution in [-0.4, -0.2) is 26.4 Å². The number of anilines is 1. The summed E-state index contributed by atoms with van der Waals surface area (Å²) in [5.74, 6) is 1.73. The van der Waals surface area contributed by atoms with Crippen molar-refractivity contribution >= 4 is 50.3 Å². The number of rotatable bonds is 6. The molecule has 0 aliphatic heterocycles. The van der Waals surface area contributed by atoms with Crippen LogP contribution in [0.15, 0.2) is 62.6 Å². The van der Waals surface area contributed by atoms with Crippen LogP contribution in [0.5, 0.6) is 0 Å². The number of carbonyl (C=O) groups excluding carboxylic acids is 1. The van der Waals surface area contributed by atoms with Gasteiger partial charge in [-0.05, 0) is 41.8 Å². The van der Waals surface area contributed by atoms with Crippen LogP contribution >= 0.6 is 27.7 Å². The third-order valence-corrected chi connectivity index (χ3v) is 6.24. The Bertz CT molecular complexity index is 1180.